The molecule has 1 atom stereocenters. The van der Waals surface area contributed by atoms with Gasteiger partial charge in [0.15, 0.2) is 0 Å². The van der Waals surface area contributed by atoms with E-state index in [9.17, 15) is 4.39 Å². The van der Waals surface area contributed by atoms with Gasteiger partial charge in [0, 0.05) is 6.04 Å². The van der Waals surface area contributed by atoms with Crippen molar-refractivity contribution < 1.29 is 4.39 Å². The van der Waals surface area contributed by atoms with E-state index >= 15 is 0 Å². The van der Waals surface area contributed by atoms with Gasteiger partial charge in [-0.2, -0.15) is 0 Å². The first-order valence-corrected chi connectivity index (χ1v) is 7.81. The monoisotopic (exact) mass is 283 g/mol. The molecule has 1 nitrogen and oxygen atoms in total. The molecule has 1 aliphatic carbocycles. The lowest BCUT2D eigenvalue weighted by Gasteiger charge is -2.14. The van der Waals surface area contributed by atoms with Gasteiger partial charge in [-0.3, -0.25) is 0 Å². The summed E-state index contributed by atoms with van der Waals surface area (Å²) in [7, 11) is 0. The SMILES string of the molecule is CCCNC1CCc2cc(-c3ccc(F)c(C)c3)ccc21. The van der Waals surface area contributed by atoms with Gasteiger partial charge >= 0.3 is 0 Å². The van der Waals surface area contributed by atoms with Crippen molar-refractivity contribution in [2.24, 2.45) is 0 Å². The van der Waals surface area contributed by atoms with Gasteiger partial charge in [-0.05, 0) is 72.7 Å². The van der Waals surface area contributed by atoms with Crippen LogP contribution < -0.4 is 5.32 Å². The average Bonchev–Trinajstić information content (AvgIpc) is 2.90. The molecule has 2 heteroatoms. The standard InChI is InChI=1S/C19H22FN/c1-3-10-21-19-9-6-16-12-15(4-7-17(16)19)14-5-8-18(20)13(2)11-14/h4-5,7-8,11-12,19,21H,3,6,9-10H2,1-2H3. The maximum absolute atomic E-state index is 13.4. The first-order valence-electron chi connectivity index (χ1n) is 7.81. The van der Waals surface area contributed by atoms with Crippen LogP contribution in [0.3, 0.4) is 0 Å². The fourth-order valence-electron chi connectivity index (χ4n) is 3.15. The van der Waals surface area contributed by atoms with Crippen LogP contribution in [0, 0.1) is 12.7 Å². The van der Waals surface area contributed by atoms with E-state index in [1.165, 1.54) is 29.5 Å². The van der Waals surface area contributed by atoms with E-state index in [4.69, 9.17) is 0 Å². The lowest BCUT2D eigenvalue weighted by molar-refractivity contribution is 0.529. The van der Waals surface area contributed by atoms with Crippen molar-refractivity contribution in [2.45, 2.75) is 39.2 Å². The Balaban J connectivity index is 1.88. The topological polar surface area (TPSA) is 12.0 Å². The van der Waals surface area contributed by atoms with Crippen LogP contribution in [0.5, 0.6) is 0 Å². The van der Waals surface area contributed by atoms with Crippen LogP contribution in [-0.2, 0) is 6.42 Å². The summed E-state index contributed by atoms with van der Waals surface area (Å²) in [5.74, 6) is -0.135. The number of nitrogens with one attached hydrogen (secondary N) is 1. The van der Waals surface area contributed by atoms with Crippen LogP contribution in [-0.4, -0.2) is 6.54 Å². The van der Waals surface area contributed by atoms with Gasteiger partial charge in [-0.25, -0.2) is 4.39 Å². The van der Waals surface area contributed by atoms with Gasteiger partial charge in [-0.15, -0.1) is 0 Å². The molecule has 0 amide bonds. The minimum atomic E-state index is -0.135. The smallest absolute Gasteiger partial charge is 0.126 e. The number of benzene rings is 2. The maximum Gasteiger partial charge on any atom is 0.126 e. The lowest BCUT2D eigenvalue weighted by atomic mass is 9.98. The average molecular weight is 283 g/mol. The summed E-state index contributed by atoms with van der Waals surface area (Å²) in [6.07, 6.45) is 3.48. The van der Waals surface area contributed by atoms with Crippen LogP contribution in [0.4, 0.5) is 4.39 Å². The van der Waals surface area contributed by atoms with Crippen molar-refractivity contribution in [3.63, 3.8) is 0 Å². The summed E-state index contributed by atoms with van der Waals surface area (Å²) in [6, 6.07) is 12.5. The molecule has 0 saturated heterocycles. The Hall–Kier alpha value is -1.67. The van der Waals surface area contributed by atoms with Crippen molar-refractivity contribution in [3.8, 4) is 11.1 Å². The predicted octanol–water partition coefficient (Wildman–Crippen LogP) is 4.79. The minimum Gasteiger partial charge on any atom is -0.310 e. The minimum absolute atomic E-state index is 0.135. The fraction of sp³-hybridized carbons (Fsp3) is 0.368. The van der Waals surface area contributed by atoms with E-state index in [0.717, 1.165) is 18.5 Å². The molecule has 2 aromatic rings. The van der Waals surface area contributed by atoms with Crippen molar-refractivity contribution in [2.75, 3.05) is 6.54 Å². The van der Waals surface area contributed by atoms with E-state index in [0.29, 0.717) is 11.6 Å². The third-order valence-electron chi connectivity index (χ3n) is 4.35. The molecule has 0 aliphatic heterocycles. The Labute approximate surface area is 126 Å². The van der Waals surface area contributed by atoms with Crippen LogP contribution in [0.15, 0.2) is 36.4 Å². The molecule has 1 unspecified atom stereocenters. The van der Waals surface area contributed by atoms with Gasteiger partial charge in [0.05, 0.1) is 0 Å². The highest BCUT2D eigenvalue weighted by molar-refractivity contribution is 5.66. The quantitative estimate of drug-likeness (QED) is 0.851. The molecule has 0 spiro atoms. The summed E-state index contributed by atoms with van der Waals surface area (Å²) in [4.78, 5) is 0. The first kappa shape index (κ1) is 14.3. The highest BCUT2D eigenvalue weighted by atomic mass is 19.1. The second-order valence-corrected chi connectivity index (χ2v) is 5.92. The molecule has 0 fully saturated rings. The van der Waals surface area contributed by atoms with E-state index in [1.54, 1.807) is 6.07 Å². The Morgan fingerprint density at radius 1 is 1.14 bits per heavy atom. The third kappa shape index (κ3) is 2.86. The zero-order valence-electron chi connectivity index (χ0n) is 12.7. The number of halogens is 1. The van der Waals surface area contributed by atoms with Crippen LogP contribution in [0.2, 0.25) is 0 Å². The van der Waals surface area contributed by atoms with Crippen molar-refractivity contribution in [1.29, 1.82) is 0 Å². The van der Waals surface area contributed by atoms with Gasteiger partial charge < -0.3 is 5.32 Å². The molecule has 0 radical (unpaired) electrons. The molecular weight excluding hydrogens is 261 g/mol. The molecule has 2 aromatic carbocycles. The molecule has 0 heterocycles. The van der Waals surface area contributed by atoms with Crippen LogP contribution in [0.25, 0.3) is 11.1 Å². The third-order valence-corrected chi connectivity index (χ3v) is 4.35. The van der Waals surface area contributed by atoms with Crippen LogP contribution in [0.1, 0.15) is 42.5 Å². The normalized spacial score (nSPS) is 17.0. The zero-order chi connectivity index (χ0) is 14.8. The fourth-order valence-corrected chi connectivity index (χ4v) is 3.15. The number of aryl methyl sites for hydroxylation is 2. The highest BCUT2D eigenvalue weighted by Crippen LogP contribution is 2.34. The number of hydrogen-bond acceptors (Lipinski definition) is 1. The van der Waals surface area contributed by atoms with Crippen molar-refractivity contribution >= 4 is 0 Å². The lowest BCUT2D eigenvalue weighted by Crippen LogP contribution is -2.19. The van der Waals surface area contributed by atoms with E-state index in [1.807, 2.05) is 19.1 Å². The molecular formula is C19H22FN. The van der Waals surface area contributed by atoms with E-state index in [2.05, 4.69) is 30.4 Å². The molecule has 3 rings (SSSR count). The van der Waals surface area contributed by atoms with Gasteiger partial charge in [0.2, 0.25) is 0 Å². The summed E-state index contributed by atoms with van der Waals surface area (Å²) in [5.41, 5.74) is 5.86. The highest BCUT2D eigenvalue weighted by Gasteiger charge is 2.21. The molecule has 21 heavy (non-hydrogen) atoms. The first-order chi connectivity index (χ1) is 10.2. The van der Waals surface area contributed by atoms with Crippen LogP contribution >= 0.6 is 0 Å². The summed E-state index contributed by atoms with van der Waals surface area (Å²) >= 11 is 0. The summed E-state index contributed by atoms with van der Waals surface area (Å²) in [5, 5.41) is 3.61. The Bertz CT molecular complexity index is 648. The molecule has 0 bridgehead atoms. The molecule has 110 valence electrons. The molecule has 1 N–H and O–H groups in total. The predicted molar refractivity (Wildman–Crippen MR) is 85.9 cm³/mol. The Kier molecular flexibility index (Phi) is 4.07. The summed E-state index contributed by atoms with van der Waals surface area (Å²) in [6.45, 7) is 5.09. The molecule has 1 aliphatic rings. The van der Waals surface area contributed by atoms with Crippen molar-refractivity contribution in [1.82, 2.24) is 5.32 Å². The maximum atomic E-state index is 13.4. The molecule has 0 aromatic heterocycles. The largest absolute Gasteiger partial charge is 0.310 e. The number of rotatable bonds is 4. The van der Waals surface area contributed by atoms with Gasteiger partial charge in [-0.1, -0.05) is 31.2 Å². The van der Waals surface area contributed by atoms with E-state index in [-0.39, 0.29) is 5.82 Å². The second kappa shape index (κ2) is 5.98. The number of fused-ring (bicyclic) bond motifs is 1. The number of hydrogen-bond donors (Lipinski definition) is 1. The Morgan fingerprint density at radius 3 is 2.67 bits per heavy atom. The van der Waals surface area contributed by atoms with E-state index < -0.39 is 0 Å². The van der Waals surface area contributed by atoms with Gasteiger partial charge in [0.25, 0.3) is 0 Å². The summed E-state index contributed by atoms with van der Waals surface area (Å²) < 4.78 is 13.4. The zero-order valence-corrected chi connectivity index (χ0v) is 12.7. The van der Waals surface area contributed by atoms with Crippen molar-refractivity contribution in [3.05, 3.63) is 58.9 Å². The molecule has 0 saturated carbocycles. The second-order valence-electron chi connectivity index (χ2n) is 5.92. The van der Waals surface area contributed by atoms with Gasteiger partial charge in [0.1, 0.15) is 5.82 Å². The Morgan fingerprint density at radius 2 is 1.90 bits per heavy atom.